The summed E-state index contributed by atoms with van der Waals surface area (Å²) in [5.74, 6) is -0.857. The summed E-state index contributed by atoms with van der Waals surface area (Å²) in [7, 11) is -4.45. The van der Waals surface area contributed by atoms with Crippen molar-refractivity contribution < 1.29 is 37.5 Å². The lowest BCUT2D eigenvalue weighted by Gasteiger charge is -2.42. The Morgan fingerprint density at radius 2 is 1.60 bits per heavy atom. The van der Waals surface area contributed by atoms with Crippen molar-refractivity contribution in [1.29, 1.82) is 0 Å². The first-order valence-corrected chi connectivity index (χ1v) is 32.5. The highest BCUT2D eigenvalue weighted by Gasteiger charge is 2.40. The van der Waals surface area contributed by atoms with Gasteiger partial charge in [0.05, 0.1) is 28.0 Å². The molecule has 86 heavy (non-hydrogen) atoms. The summed E-state index contributed by atoms with van der Waals surface area (Å²) in [5.41, 5.74) is 11.2. The smallest absolute Gasteiger partial charge is 0.268 e. The molecule has 4 fully saturated rings. The molecule has 1 unspecified atom stereocenters. The third-order valence-corrected chi connectivity index (χ3v) is 20.7. The molecule has 6 aliphatic rings. The van der Waals surface area contributed by atoms with Gasteiger partial charge in [-0.05, 0) is 152 Å². The molecule has 4 aromatic carbocycles. The van der Waals surface area contributed by atoms with Gasteiger partial charge in [0, 0.05) is 129 Å². The van der Waals surface area contributed by atoms with Crippen molar-refractivity contribution in [2.45, 2.75) is 102 Å². The van der Waals surface area contributed by atoms with E-state index in [1.165, 1.54) is 28.8 Å². The molecule has 1 saturated carbocycles. The van der Waals surface area contributed by atoms with Gasteiger partial charge >= 0.3 is 0 Å². The minimum atomic E-state index is -4.45. The van der Waals surface area contributed by atoms with Crippen LogP contribution in [0.15, 0.2) is 112 Å². The second-order valence-corrected chi connectivity index (χ2v) is 27.7. The Labute approximate surface area is 515 Å². The van der Waals surface area contributed by atoms with Gasteiger partial charge in [-0.2, -0.15) is 0 Å². The van der Waals surface area contributed by atoms with Crippen molar-refractivity contribution in [2.75, 3.05) is 81.1 Å². The van der Waals surface area contributed by atoms with Crippen molar-refractivity contribution in [2.24, 2.45) is 11.3 Å². The molecule has 22 heteroatoms. The predicted molar refractivity (Wildman–Crippen MR) is 335 cm³/mol. The highest BCUT2D eigenvalue weighted by molar-refractivity contribution is 9.10. The number of fused-ring (bicyclic) bond motifs is 2. The van der Waals surface area contributed by atoms with E-state index >= 15 is 0 Å². The number of nitrogens with zero attached hydrogens (tertiary/aromatic N) is 6. The van der Waals surface area contributed by atoms with Crippen molar-refractivity contribution in [3.63, 3.8) is 0 Å². The minimum Gasteiger partial charge on any atom is -0.455 e. The number of carbonyl (C=O) groups is 4. The Kier molecular flexibility index (Phi) is 17.4. The fourth-order valence-corrected chi connectivity index (χ4v) is 15.2. The Hall–Kier alpha value is -6.85. The number of hydrogen-bond acceptors (Lipinski definition) is 15. The van der Waals surface area contributed by atoms with Crippen LogP contribution in [0.5, 0.6) is 11.5 Å². The minimum absolute atomic E-state index is 0.0191. The van der Waals surface area contributed by atoms with Gasteiger partial charge in [-0.3, -0.25) is 49.9 Å². The highest BCUT2D eigenvalue weighted by atomic mass is 79.9. The van der Waals surface area contributed by atoms with Crippen molar-refractivity contribution in [1.82, 2.24) is 39.6 Å². The number of aromatic nitrogens is 2. The predicted octanol–water partition coefficient (Wildman–Crippen LogP) is 10.0. The van der Waals surface area contributed by atoms with Crippen LogP contribution < -0.4 is 30.5 Å². The van der Waals surface area contributed by atoms with Gasteiger partial charge in [0.15, 0.2) is 0 Å². The van der Waals surface area contributed by atoms with E-state index in [-0.39, 0.29) is 45.5 Å². The molecule has 6 aromatic rings. The number of hydrogen-bond donors (Lipinski definition) is 6. The monoisotopic (exact) mass is 1270 g/mol. The maximum atomic E-state index is 14.2. The number of H-pyrrole nitrogens is 1. The first kappa shape index (κ1) is 59.5. The number of halogens is 2. The van der Waals surface area contributed by atoms with Crippen molar-refractivity contribution >= 4 is 94.9 Å². The molecular formula is C64H73BrClN11O8S. The van der Waals surface area contributed by atoms with E-state index in [2.05, 4.69) is 98.4 Å². The van der Waals surface area contributed by atoms with Gasteiger partial charge in [-0.15, -0.1) is 0 Å². The molecule has 12 rings (SSSR count). The maximum Gasteiger partial charge on any atom is 0.268 e. The molecule has 6 N–H and O–H groups in total. The molecular weight excluding hydrogens is 1200 g/mol. The van der Waals surface area contributed by atoms with E-state index < -0.39 is 27.9 Å². The van der Waals surface area contributed by atoms with Gasteiger partial charge in [0.1, 0.15) is 23.2 Å². The lowest BCUT2D eigenvalue weighted by molar-refractivity contribution is -0.136. The Bertz CT molecular complexity index is 3720. The van der Waals surface area contributed by atoms with Gasteiger partial charge < -0.3 is 24.8 Å². The summed E-state index contributed by atoms with van der Waals surface area (Å²) in [6.07, 6.45) is 11.2. The van der Waals surface area contributed by atoms with E-state index in [1.807, 2.05) is 36.4 Å². The number of carbonyl (C=O) groups excluding carboxylic acids is 4. The molecule has 1 atom stereocenters. The van der Waals surface area contributed by atoms with Gasteiger partial charge in [-0.25, -0.2) is 18.1 Å². The van der Waals surface area contributed by atoms with E-state index in [0.717, 1.165) is 136 Å². The van der Waals surface area contributed by atoms with Crippen LogP contribution in [0, 0.1) is 11.3 Å². The van der Waals surface area contributed by atoms with Crippen LogP contribution >= 0.6 is 27.5 Å². The van der Waals surface area contributed by atoms with Crippen molar-refractivity contribution in [3.8, 4) is 11.5 Å². The van der Waals surface area contributed by atoms with Gasteiger partial charge in [0.2, 0.25) is 11.8 Å². The molecule has 452 valence electrons. The van der Waals surface area contributed by atoms with E-state index in [4.69, 9.17) is 16.3 Å². The SMILES string of the molecule is CC1(C)CCC(CN2CCN(c3ccc(C(=O)NS(=O)(=O)c4ccc(NCC5CCC(N6CCN(Cc7cc(Br)c8c(c7)C(=O)N(C7CCC(=O)NC7=O)C8)CC6)CC5)c(NO)c4)c(Oc4cnc5[nH]ccc5c4)c3)CC2)=C(c2ccc(Cl)cc2)C1. The lowest BCUT2D eigenvalue weighted by Crippen LogP contribution is -2.52. The Morgan fingerprint density at radius 3 is 2.36 bits per heavy atom. The number of rotatable bonds is 17. The Balaban J connectivity index is 0.640. The van der Waals surface area contributed by atoms with E-state index in [9.17, 15) is 32.8 Å². The zero-order valence-corrected chi connectivity index (χ0v) is 51.6. The van der Waals surface area contributed by atoms with E-state index in [1.54, 1.807) is 35.5 Å². The molecule has 19 nitrogen and oxygen atoms in total. The fourth-order valence-electron chi connectivity index (χ4n) is 13.4. The quantitative estimate of drug-likeness (QED) is 0.0369. The van der Waals surface area contributed by atoms with Crippen LogP contribution in [-0.2, 0) is 32.7 Å². The summed E-state index contributed by atoms with van der Waals surface area (Å²) in [6.45, 7) is 14.1. The van der Waals surface area contributed by atoms with Crippen LogP contribution in [0.3, 0.4) is 0 Å². The first-order chi connectivity index (χ1) is 41.4. The van der Waals surface area contributed by atoms with E-state index in [0.29, 0.717) is 60.7 Å². The lowest BCUT2D eigenvalue weighted by atomic mass is 9.72. The number of sulfonamides is 1. The number of piperazine rings is 2. The van der Waals surface area contributed by atoms with Crippen LogP contribution in [0.1, 0.15) is 109 Å². The molecule has 6 heterocycles. The molecule has 0 bridgehead atoms. The number of nitrogens with one attached hydrogen (secondary N) is 5. The first-order valence-electron chi connectivity index (χ1n) is 29.9. The number of benzene rings is 4. The average Bonchev–Trinajstić information content (AvgIpc) is 4.04. The molecule has 4 aliphatic heterocycles. The van der Waals surface area contributed by atoms with Gasteiger partial charge in [-0.1, -0.05) is 59.1 Å². The molecule has 0 radical (unpaired) electrons. The van der Waals surface area contributed by atoms with Gasteiger partial charge in [0.25, 0.3) is 21.8 Å². The molecule has 3 saturated heterocycles. The highest BCUT2D eigenvalue weighted by Crippen LogP contribution is 2.44. The van der Waals surface area contributed by atoms with Crippen LogP contribution in [0.25, 0.3) is 16.6 Å². The Morgan fingerprint density at radius 1 is 0.849 bits per heavy atom. The number of amides is 4. The van der Waals surface area contributed by atoms with Crippen molar-refractivity contribution in [3.05, 3.63) is 140 Å². The molecule has 0 spiro atoms. The van der Waals surface area contributed by atoms with Crippen LogP contribution in [0.2, 0.25) is 5.02 Å². The number of anilines is 3. The average molecular weight is 1270 g/mol. The summed E-state index contributed by atoms with van der Waals surface area (Å²) in [5, 5.41) is 17.6. The number of imide groups is 1. The number of pyridine rings is 1. The third-order valence-electron chi connectivity index (χ3n) is 18.4. The summed E-state index contributed by atoms with van der Waals surface area (Å²) in [6, 6.07) is 25.3. The number of piperidine rings is 1. The normalized spacial score (nSPS) is 21.6. The zero-order valence-electron chi connectivity index (χ0n) is 48.5. The second kappa shape index (κ2) is 25.1. The number of ether oxygens (including phenoxy) is 1. The number of aromatic amines is 1. The summed E-state index contributed by atoms with van der Waals surface area (Å²) < 4.78 is 37.6. The fraction of sp³-hybridized carbons (Fsp3) is 0.422. The van der Waals surface area contributed by atoms with Crippen LogP contribution in [-0.4, -0.2) is 144 Å². The maximum absolute atomic E-state index is 14.2. The second-order valence-electron chi connectivity index (χ2n) is 24.7. The summed E-state index contributed by atoms with van der Waals surface area (Å²) >= 11 is 9.99. The zero-order chi connectivity index (χ0) is 59.9. The summed E-state index contributed by atoms with van der Waals surface area (Å²) in [4.78, 5) is 70.8. The standard InChI is InChI=1S/C64H73BrClN11O8S/c1-64(2)19-17-44(52(34-64)42-5-7-45(66)8-6-42)38-74-23-27-76(28-24-74)47-11-13-50(58(32-47)85-48-31-43-18-20-67-60(43)69-36-48)61(79)72-86(83,84)49-12-14-55(56(33-49)71-82)68-35-40-3-9-46(10-4-40)75-25-21-73(22-26-75)37-41-29-51-53(54(65)30-41)39-77(63(51)81)57-15-16-59(78)70-62(57)80/h5-8,11-14,18,20,29-33,36,40,46,57,68,71,82H,3-4,9-10,15-17,19,21-28,34-35,37-39H2,1-2H3,(H,67,69)(H,72,79)(H,70,78,80). The number of allylic oxidation sites excluding steroid dienone is 1. The third kappa shape index (κ3) is 13.2. The largest absolute Gasteiger partial charge is 0.455 e. The van der Waals surface area contributed by atoms with Crippen LogP contribution in [0.4, 0.5) is 17.1 Å². The molecule has 2 aromatic heterocycles. The molecule has 4 amide bonds. The molecule has 2 aliphatic carbocycles. The topological polar surface area (TPSA) is 225 Å².